The highest BCUT2D eigenvalue weighted by Crippen LogP contribution is 2.35. The third kappa shape index (κ3) is 3.97. The molecule has 6 nitrogen and oxygen atoms in total. The van der Waals surface area contributed by atoms with Crippen LogP contribution in [0.4, 0.5) is 5.13 Å². The van der Waals surface area contributed by atoms with Gasteiger partial charge in [0, 0.05) is 18.5 Å². The van der Waals surface area contributed by atoms with E-state index in [2.05, 4.69) is 0 Å². The van der Waals surface area contributed by atoms with Crippen molar-refractivity contribution < 1.29 is 13.9 Å². The van der Waals surface area contributed by atoms with E-state index in [1.54, 1.807) is 11.0 Å². The number of benzene rings is 2. The molecule has 4 rings (SSSR count). The van der Waals surface area contributed by atoms with E-state index in [0.29, 0.717) is 36.2 Å². The van der Waals surface area contributed by atoms with Gasteiger partial charge in [-0.25, -0.2) is 4.98 Å². The van der Waals surface area contributed by atoms with Gasteiger partial charge < -0.3 is 14.1 Å². The molecule has 150 valence electrons. The van der Waals surface area contributed by atoms with Crippen molar-refractivity contribution in [1.82, 2.24) is 9.88 Å². The van der Waals surface area contributed by atoms with Crippen molar-refractivity contribution in [3.8, 4) is 5.75 Å². The molecule has 1 amide bonds. The van der Waals surface area contributed by atoms with Gasteiger partial charge in [-0.05, 0) is 45.3 Å². The number of anilines is 1. The molecule has 0 aliphatic heterocycles. The van der Waals surface area contributed by atoms with Crippen molar-refractivity contribution in [1.29, 1.82) is 0 Å². The Labute approximate surface area is 173 Å². The number of furan rings is 1. The third-order valence-electron chi connectivity index (χ3n) is 4.55. The second kappa shape index (κ2) is 8.23. The van der Waals surface area contributed by atoms with E-state index in [1.165, 1.54) is 11.3 Å². The van der Waals surface area contributed by atoms with Gasteiger partial charge in [-0.15, -0.1) is 0 Å². The number of nitrogens with zero attached hydrogens (tertiary/aromatic N) is 3. The van der Waals surface area contributed by atoms with Crippen molar-refractivity contribution >= 4 is 43.6 Å². The molecule has 0 spiro atoms. The van der Waals surface area contributed by atoms with Crippen LogP contribution in [0.15, 0.2) is 52.9 Å². The molecule has 29 heavy (non-hydrogen) atoms. The molecule has 0 saturated carbocycles. The highest BCUT2D eigenvalue weighted by Gasteiger charge is 2.25. The predicted molar refractivity (Wildman–Crippen MR) is 117 cm³/mol. The van der Waals surface area contributed by atoms with Crippen LogP contribution in [0.5, 0.6) is 5.75 Å². The number of carbonyl (C=O) groups excluding carboxylic acids is 1. The van der Waals surface area contributed by atoms with E-state index in [0.717, 1.165) is 21.4 Å². The monoisotopic (exact) mass is 409 g/mol. The molecule has 2 aromatic carbocycles. The summed E-state index contributed by atoms with van der Waals surface area (Å²) in [5, 5.41) is 1.55. The minimum absolute atomic E-state index is 0.194. The number of hydrogen-bond acceptors (Lipinski definition) is 6. The lowest BCUT2D eigenvalue weighted by molar-refractivity contribution is 0.0960. The number of amides is 1. The standard InChI is InChI=1S/C22H23N3O3S/c1-4-27-17-10-7-11-19-20(17)23-22(29-19)25(13-12-24(2)3)21(26)18-14-15-8-5-6-9-16(15)28-18/h5-11,14H,4,12-13H2,1-3H3. The van der Waals surface area contributed by atoms with Crippen molar-refractivity contribution in [2.75, 3.05) is 38.7 Å². The molecule has 2 heterocycles. The maximum absolute atomic E-state index is 13.4. The summed E-state index contributed by atoms with van der Waals surface area (Å²) in [7, 11) is 3.96. The van der Waals surface area contributed by atoms with Gasteiger partial charge in [0.25, 0.3) is 5.91 Å². The molecule has 0 atom stereocenters. The van der Waals surface area contributed by atoms with Crippen LogP contribution in [-0.2, 0) is 0 Å². The van der Waals surface area contributed by atoms with Crippen molar-refractivity contribution in [3.63, 3.8) is 0 Å². The predicted octanol–water partition coefficient (Wildman–Crippen LogP) is 4.65. The van der Waals surface area contributed by atoms with Gasteiger partial charge in [0.15, 0.2) is 10.9 Å². The fourth-order valence-electron chi connectivity index (χ4n) is 3.10. The molecular formula is C22H23N3O3S. The van der Waals surface area contributed by atoms with Gasteiger partial charge in [0.2, 0.25) is 0 Å². The number of hydrogen-bond donors (Lipinski definition) is 0. The van der Waals surface area contributed by atoms with E-state index in [1.807, 2.05) is 68.4 Å². The van der Waals surface area contributed by atoms with Crippen molar-refractivity contribution in [2.24, 2.45) is 0 Å². The lowest BCUT2D eigenvalue weighted by Gasteiger charge is -2.20. The topological polar surface area (TPSA) is 58.8 Å². The van der Waals surface area contributed by atoms with E-state index in [4.69, 9.17) is 14.1 Å². The maximum atomic E-state index is 13.4. The molecule has 0 N–H and O–H groups in total. The van der Waals surface area contributed by atoms with Crippen LogP contribution in [0.2, 0.25) is 0 Å². The van der Waals surface area contributed by atoms with Crippen molar-refractivity contribution in [2.45, 2.75) is 6.92 Å². The van der Waals surface area contributed by atoms with E-state index >= 15 is 0 Å². The first-order valence-corrected chi connectivity index (χ1v) is 10.4. The molecule has 0 saturated heterocycles. The van der Waals surface area contributed by atoms with Crippen LogP contribution in [0.1, 0.15) is 17.5 Å². The molecule has 4 aromatic rings. The van der Waals surface area contributed by atoms with Crippen LogP contribution in [0.25, 0.3) is 21.2 Å². The third-order valence-corrected chi connectivity index (χ3v) is 5.60. The molecular weight excluding hydrogens is 386 g/mol. The Kier molecular flexibility index (Phi) is 5.51. The highest BCUT2D eigenvalue weighted by molar-refractivity contribution is 7.22. The summed E-state index contributed by atoms with van der Waals surface area (Å²) in [6.45, 7) is 3.72. The molecule has 0 bridgehead atoms. The summed E-state index contributed by atoms with van der Waals surface area (Å²) in [5.74, 6) is 0.852. The molecule has 0 aliphatic rings. The first-order valence-electron chi connectivity index (χ1n) is 9.54. The van der Waals surface area contributed by atoms with Crippen LogP contribution >= 0.6 is 11.3 Å². The fourth-order valence-corrected chi connectivity index (χ4v) is 4.11. The zero-order valence-corrected chi connectivity index (χ0v) is 17.5. The number of carbonyl (C=O) groups is 1. The molecule has 0 fully saturated rings. The second-order valence-electron chi connectivity index (χ2n) is 6.94. The van der Waals surface area contributed by atoms with Crippen LogP contribution in [0.3, 0.4) is 0 Å². The Balaban J connectivity index is 1.74. The lowest BCUT2D eigenvalue weighted by atomic mass is 10.2. The Morgan fingerprint density at radius 3 is 2.72 bits per heavy atom. The SMILES string of the molecule is CCOc1cccc2sc(N(CCN(C)C)C(=O)c3cc4ccccc4o3)nc12. The number of likely N-dealkylation sites (N-methyl/N-ethyl adjacent to an activating group) is 1. The summed E-state index contributed by atoms with van der Waals surface area (Å²) in [4.78, 5) is 21.8. The number of ether oxygens (including phenoxy) is 1. The zero-order valence-electron chi connectivity index (χ0n) is 16.7. The molecule has 0 unspecified atom stereocenters. The van der Waals surface area contributed by atoms with Gasteiger partial charge in [-0.3, -0.25) is 9.69 Å². The Morgan fingerprint density at radius 2 is 1.97 bits per heavy atom. The highest BCUT2D eigenvalue weighted by atomic mass is 32.1. The zero-order chi connectivity index (χ0) is 20.4. The summed E-state index contributed by atoms with van der Waals surface area (Å²) in [6, 6.07) is 15.3. The molecule has 7 heteroatoms. The van der Waals surface area contributed by atoms with E-state index < -0.39 is 0 Å². The number of rotatable bonds is 7. The molecule has 0 radical (unpaired) electrons. The van der Waals surface area contributed by atoms with Gasteiger partial charge in [0.1, 0.15) is 16.8 Å². The van der Waals surface area contributed by atoms with Gasteiger partial charge in [0.05, 0.1) is 11.3 Å². The molecule has 2 aromatic heterocycles. The number of aromatic nitrogens is 1. The summed E-state index contributed by atoms with van der Waals surface area (Å²) in [5.41, 5.74) is 1.48. The average Bonchev–Trinajstić information content (AvgIpc) is 3.32. The second-order valence-corrected chi connectivity index (χ2v) is 7.95. The van der Waals surface area contributed by atoms with Gasteiger partial charge in [-0.1, -0.05) is 35.6 Å². The van der Waals surface area contributed by atoms with Crippen LogP contribution in [0, 0.1) is 0 Å². The van der Waals surface area contributed by atoms with Gasteiger partial charge >= 0.3 is 0 Å². The van der Waals surface area contributed by atoms with Crippen LogP contribution < -0.4 is 9.64 Å². The first kappa shape index (κ1) is 19.4. The van der Waals surface area contributed by atoms with Crippen LogP contribution in [-0.4, -0.2) is 49.6 Å². The van der Waals surface area contributed by atoms with E-state index in [-0.39, 0.29) is 5.91 Å². The average molecular weight is 410 g/mol. The van der Waals surface area contributed by atoms with E-state index in [9.17, 15) is 4.79 Å². The Hall–Kier alpha value is -2.90. The quantitative estimate of drug-likeness (QED) is 0.445. The van der Waals surface area contributed by atoms with Crippen molar-refractivity contribution in [3.05, 3.63) is 54.3 Å². The number of para-hydroxylation sites is 2. The van der Waals surface area contributed by atoms with Gasteiger partial charge in [-0.2, -0.15) is 0 Å². The summed E-state index contributed by atoms with van der Waals surface area (Å²) in [6.07, 6.45) is 0. The largest absolute Gasteiger partial charge is 0.492 e. The number of fused-ring (bicyclic) bond motifs is 2. The Bertz CT molecular complexity index is 1120. The first-order chi connectivity index (χ1) is 14.1. The number of thiazole rings is 1. The maximum Gasteiger partial charge on any atom is 0.295 e. The Morgan fingerprint density at radius 1 is 1.14 bits per heavy atom. The normalized spacial score (nSPS) is 11.4. The molecule has 0 aliphatic carbocycles. The summed E-state index contributed by atoms with van der Waals surface area (Å²) >= 11 is 1.48. The fraction of sp³-hybridized carbons (Fsp3) is 0.273. The lowest BCUT2D eigenvalue weighted by Crippen LogP contribution is -2.36. The smallest absolute Gasteiger partial charge is 0.295 e. The minimum Gasteiger partial charge on any atom is -0.492 e. The summed E-state index contributed by atoms with van der Waals surface area (Å²) < 4.78 is 12.5. The minimum atomic E-state index is -0.194.